The van der Waals surface area contributed by atoms with Crippen LogP contribution in [0.5, 0.6) is 0 Å². The van der Waals surface area contributed by atoms with Crippen molar-refractivity contribution in [3.05, 3.63) is 33.3 Å². The van der Waals surface area contributed by atoms with Gasteiger partial charge >= 0.3 is 10.5 Å². The third-order valence-electron chi connectivity index (χ3n) is 2.83. The van der Waals surface area contributed by atoms with Crippen molar-refractivity contribution < 1.29 is 8.42 Å². The fraction of sp³-hybridized carbons (Fsp3) is 0.500. The minimum Gasteiger partial charge on any atom is -0.326 e. The zero-order valence-electron chi connectivity index (χ0n) is 10.6. The molecular weight excluding hydrogens is 343 g/mol. The van der Waals surface area contributed by atoms with E-state index < -0.39 is 10.5 Å². The third-order valence-corrected chi connectivity index (χ3v) is 3.93. The van der Waals surface area contributed by atoms with E-state index in [1.807, 2.05) is 0 Å². The summed E-state index contributed by atoms with van der Waals surface area (Å²) in [7, 11) is -2.29. The Balaban J connectivity index is 0.000000204. The van der Waals surface area contributed by atoms with E-state index in [4.69, 9.17) is 40.5 Å². The molecule has 0 radical (unpaired) electrons. The Hall–Kier alpha value is -0.330. The molecule has 1 saturated carbocycles. The standard InChI is InChI=1S/C6H3Cl3.C6H12N2O2S/c7-4-1-5(8)3-6(9)2-4;7-5-3-1-2-4-6(5)8-11(9)10/h1-3H;5-6H,1-4,7H2. The van der Waals surface area contributed by atoms with Gasteiger partial charge in [-0.15, -0.1) is 0 Å². The molecule has 2 unspecified atom stereocenters. The molecule has 0 amide bonds. The van der Waals surface area contributed by atoms with Crippen molar-refractivity contribution in [2.24, 2.45) is 10.1 Å². The van der Waals surface area contributed by atoms with Crippen LogP contribution in [0.4, 0.5) is 0 Å². The van der Waals surface area contributed by atoms with Gasteiger partial charge in [0.05, 0.1) is 6.04 Å². The van der Waals surface area contributed by atoms with Gasteiger partial charge in [0.2, 0.25) is 0 Å². The number of halogens is 3. The average molecular weight is 358 g/mol. The molecule has 0 aliphatic heterocycles. The summed E-state index contributed by atoms with van der Waals surface area (Å²) in [5.74, 6) is 0. The number of hydrogen-bond acceptors (Lipinski definition) is 4. The van der Waals surface area contributed by atoms with Gasteiger partial charge in [-0.3, -0.25) is 0 Å². The van der Waals surface area contributed by atoms with Crippen LogP contribution in [0, 0.1) is 0 Å². The van der Waals surface area contributed by atoms with Crippen molar-refractivity contribution in [2.45, 2.75) is 37.8 Å². The van der Waals surface area contributed by atoms with E-state index in [0.29, 0.717) is 15.1 Å². The minimum atomic E-state index is -2.29. The van der Waals surface area contributed by atoms with Gasteiger partial charge in [-0.1, -0.05) is 47.6 Å². The van der Waals surface area contributed by atoms with Crippen molar-refractivity contribution in [1.82, 2.24) is 0 Å². The molecular formula is C12H15Cl3N2O2S. The molecule has 20 heavy (non-hydrogen) atoms. The predicted molar refractivity (Wildman–Crippen MR) is 83.1 cm³/mol. The molecule has 1 aliphatic carbocycles. The van der Waals surface area contributed by atoms with Gasteiger partial charge in [-0.2, -0.15) is 12.8 Å². The summed E-state index contributed by atoms with van der Waals surface area (Å²) in [6.45, 7) is 0. The molecule has 112 valence electrons. The van der Waals surface area contributed by atoms with Crippen molar-refractivity contribution in [1.29, 1.82) is 0 Å². The van der Waals surface area contributed by atoms with Crippen molar-refractivity contribution >= 4 is 45.3 Å². The minimum absolute atomic E-state index is 0.0540. The van der Waals surface area contributed by atoms with Crippen molar-refractivity contribution in [3.8, 4) is 0 Å². The molecule has 1 aliphatic rings. The maximum atomic E-state index is 10.2. The first-order chi connectivity index (χ1) is 9.38. The SMILES string of the molecule is Clc1cc(Cl)cc(Cl)c1.NC1CCCCC1N=S(=O)=O. The number of hydrogen-bond donors (Lipinski definition) is 1. The van der Waals surface area contributed by atoms with E-state index in [9.17, 15) is 8.42 Å². The highest BCUT2D eigenvalue weighted by atomic mass is 35.5. The molecule has 2 atom stereocenters. The van der Waals surface area contributed by atoms with Gasteiger partial charge in [0.1, 0.15) is 0 Å². The first kappa shape index (κ1) is 17.7. The Labute approximate surface area is 134 Å². The van der Waals surface area contributed by atoms with E-state index in [1.165, 1.54) is 0 Å². The Bertz CT molecular complexity index is 520. The molecule has 1 aromatic rings. The zero-order valence-corrected chi connectivity index (χ0v) is 13.7. The molecule has 0 aromatic heterocycles. The molecule has 2 N–H and O–H groups in total. The molecule has 8 heteroatoms. The lowest BCUT2D eigenvalue weighted by Crippen LogP contribution is -2.35. The summed E-state index contributed by atoms with van der Waals surface area (Å²) in [6.07, 6.45) is 3.85. The molecule has 0 heterocycles. The maximum Gasteiger partial charge on any atom is 0.311 e. The quantitative estimate of drug-likeness (QED) is 0.826. The van der Waals surface area contributed by atoms with Gasteiger partial charge < -0.3 is 5.73 Å². The summed E-state index contributed by atoms with van der Waals surface area (Å²) in [5, 5.41) is 1.69. The Kier molecular flexibility index (Phi) is 7.84. The van der Waals surface area contributed by atoms with Crippen molar-refractivity contribution in [2.75, 3.05) is 0 Å². The Morgan fingerprint density at radius 3 is 1.85 bits per heavy atom. The van der Waals surface area contributed by atoms with Crippen LogP contribution in [0.1, 0.15) is 25.7 Å². The first-order valence-electron chi connectivity index (χ1n) is 6.06. The van der Waals surface area contributed by atoms with Gasteiger partial charge in [0, 0.05) is 21.1 Å². The molecule has 4 nitrogen and oxygen atoms in total. The number of nitrogens with zero attached hydrogens (tertiary/aromatic N) is 1. The van der Waals surface area contributed by atoms with Crippen LogP contribution in [0.3, 0.4) is 0 Å². The van der Waals surface area contributed by atoms with E-state index in [2.05, 4.69) is 4.36 Å². The largest absolute Gasteiger partial charge is 0.326 e. The second kappa shape index (κ2) is 8.85. The van der Waals surface area contributed by atoms with Gasteiger partial charge in [-0.05, 0) is 31.0 Å². The van der Waals surface area contributed by atoms with Crippen LogP contribution in [-0.2, 0) is 10.5 Å². The van der Waals surface area contributed by atoms with Crippen LogP contribution in [0.15, 0.2) is 22.6 Å². The summed E-state index contributed by atoms with van der Waals surface area (Å²) in [6, 6.07) is 4.68. The first-order valence-corrected chi connectivity index (χ1v) is 8.22. The molecule has 0 saturated heterocycles. The lowest BCUT2D eigenvalue weighted by Gasteiger charge is -2.23. The van der Waals surface area contributed by atoms with Crippen molar-refractivity contribution in [3.63, 3.8) is 0 Å². The third kappa shape index (κ3) is 6.90. The number of nitrogens with two attached hydrogens (primary N) is 1. The van der Waals surface area contributed by atoms with Crippen LogP contribution in [0.25, 0.3) is 0 Å². The van der Waals surface area contributed by atoms with Crippen LogP contribution < -0.4 is 5.73 Å². The monoisotopic (exact) mass is 356 g/mol. The summed E-state index contributed by atoms with van der Waals surface area (Å²) in [5.41, 5.74) is 5.66. The van der Waals surface area contributed by atoms with Gasteiger partial charge in [0.15, 0.2) is 0 Å². The molecule has 2 rings (SSSR count). The fourth-order valence-electron chi connectivity index (χ4n) is 1.90. The van der Waals surface area contributed by atoms with E-state index in [0.717, 1.165) is 25.7 Å². The van der Waals surface area contributed by atoms with E-state index >= 15 is 0 Å². The highest BCUT2D eigenvalue weighted by Crippen LogP contribution is 2.21. The normalized spacial score (nSPS) is 21.6. The zero-order chi connectivity index (χ0) is 15.1. The topological polar surface area (TPSA) is 72.5 Å². The maximum absolute atomic E-state index is 10.2. The summed E-state index contributed by atoms with van der Waals surface area (Å²) >= 11 is 16.7. The smallest absolute Gasteiger partial charge is 0.311 e. The summed E-state index contributed by atoms with van der Waals surface area (Å²) in [4.78, 5) is 0. The fourth-order valence-corrected chi connectivity index (χ4v) is 3.26. The van der Waals surface area contributed by atoms with E-state index in [-0.39, 0.29) is 12.1 Å². The molecule has 1 fully saturated rings. The predicted octanol–water partition coefficient (Wildman–Crippen LogP) is 3.97. The number of rotatable bonds is 1. The molecule has 1 aromatic carbocycles. The lowest BCUT2D eigenvalue weighted by atomic mass is 9.92. The summed E-state index contributed by atoms with van der Waals surface area (Å²) < 4.78 is 23.9. The van der Waals surface area contributed by atoms with Gasteiger partial charge in [-0.25, -0.2) is 0 Å². The highest BCUT2D eigenvalue weighted by molar-refractivity contribution is 7.61. The molecule has 0 bridgehead atoms. The lowest BCUT2D eigenvalue weighted by molar-refractivity contribution is 0.387. The van der Waals surface area contributed by atoms with Gasteiger partial charge in [0.25, 0.3) is 0 Å². The van der Waals surface area contributed by atoms with Crippen LogP contribution in [0.2, 0.25) is 15.1 Å². The molecule has 0 spiro atoms. The van der Waals surface area contributed by atoms with E-state index in [1.54, 1.807) is 18.2 Å². The number of benzene rings is 1. The Morgan fingerprint density at radius 2 is 1.45 bits per heavy atom. The average Bonchev–Trinajstić information content (AvgIpc) is 2.30. The van der Waals surface area contributed by atoms with Crippen LogP contribution in [-0.4, -0.2) is 20.5 Å². The second-order valence-corrected chi connectivity index (χ2v) is 6.38. The second-order valence-electron chi connectivity index (χ2n) is 4.43. The highest BCUT2D eigenvalue weighted by Gasteiger charge is 2.21. The van der Waals surface area contributed by atoms with Crippen LogP contribution >= 0.6 is 34.8 Å². The Morgan fingerprint density at radius 1 is 1.00 bits per heavy atom.